The molecule has 6 saturated heterocycles. The molecular formula is C36H45FN6O4. The topological polar surface area (TPSA) is 96.5 Å². The summed E-state index contributed by atoms with van der Waals surface area (Å²) in [6.07, 6.45) is 4.37. The van der Waals surface area contributed by atoms with Gasteiger partial charge in [-0.3, -0.25) is 29.0 Å². The van der Waals surface area contributed by atoms with Crippen LogP contribution in [-0.4, -0.2) is 124 Å². The third-order valence-electron chi connectivity index (χ3n) is 11.2. The minimum Gasteiger partial charge on any atom is -0.349 e. The van der Waals surface area contributed by atoms with Crippen molar-refractivity contribution in [2.24, 2.45) is 0 Å². The van der Waals surface area contributed by atoms with Gasteiger partial charge >= 0.3 is 0 Å². The van der Waals surface area contributed by atoms with Gasteiger partial charge in [-0.05, 0) is 74.9 Å². The number of carbonyl (C=O) groups excluding carboxylic acids is 4. The summed E-state index contributed by atoms with van der Waals surface area (Å²) < 4.78 is 13.5. The highest BCUT2D eigenvalue weighted by Crippen LogP contribution is 2.32. The lowest BCUT2D eigenvalue weighted by molar-refractivity contribution is -0.145. The van der Waals surface area contributed by atoms with Crippen LogP contribution in [0.1, 0.15) is 60.9 Å². The molecule has 0 saturated carbocycles. The van der Waals surface area contributed by atoms with E-state index in [1.807, 2.05) is 28.0 Å². The maximum Gasteiger partial charge on any atom is 0.253 e. The number of carbonyl (C=O) groups is 4. The standard InChI is InChI=1S/C36H45FN6O4/c37-28-10-8-27(9-11-28)34(46)40-19-14-36(15-20-40)23-32(44)42-22-21-41(24-26-5-2-1-3-6-26)31(25-42)35(47)39-17-12-29(13-18-39)43-16-4-7-30(43)33(45)38-36/h1-3,5-6,8-11,29-31H,4,7,12-25H2,(H,38,45)/t30-,31+/m0/s1. The van der Waals surface area contributed by atoms with Crippen LogP contribution in [0.3, 0.4) is 0 Å². The van der Waals surface area contributed by atoms with E-state index >= 15 is 0 Å². The number of piperazine rings is 1. The van der Waals surface area contributed by atoms with E-state index in [1.54, 1.807) is 4.90 Å². The number of nitrogens with one attached hydrogen (secondary N) is 1. The number of nitrogens with zero attached hydrogens (tertiary/aromatic N) is 5. The maximum absolute atomic E-state index is 14.2. The Morgan fingerprint density at radius 2 is 1.53 bits per heavy atom. The molecule has 6 aliphatic heterocycles. The lowest BCUT2D eigenvalue weighted by atomic mass is 9.83. The average molecular weight is 645 g/mol. The Morgan fingerprint density at radius 1 is 0.809 bits per heavy atom. The van der Waals surface area contributed by atoms with Gasteiger partial charge < -0.3 is 20.0 Å². The average Bonchev–Trinajstić information content (AvgIpc) is 3.59. The minimum absolute atomic E-state index is 0.0347. The number of amides is 4. The fourth-order valence-corrected chi connectivity index (χ4v) is 8.43. The molecule has 6 fully saturated rings. The number of piperidine rings is 2. The number of hydrogen-bond donors (Lipinski definition) is 1. The largest absolute Gasteiger partial charge is 0.349 e. The van der Waals surface area contributed by atoms with Gasteiger partial charge in [0.25, 0.3) is 5.91 Å². The summed E-state index contributed by atoms with van der Waals surface area (Å²) in [6.45, 7) is 4.96. The van der Waals surface area contributed by atoms with E-state index in [-0.39, 0.29) is 42.1 Å². The van der Waals surface area contributed by atoms with Crippen LogP contribution in [0.15, 0.2) is 54.6 Å². The van der Waals surface area contributed by atoms with Gasteiger partial charge in [-0.2, -0.15) is 0 Å². The molecule has 4 bridgehead atoms. The third kappa shape index (κ3) is 6.65. The Bertz CT molecular complexity index is 1470. The molecular weight excluding hydrogens is 599 g/mol. The number of fused-ring (bicyclic) bond motifs is 4. The second kappa shape index (κ2) is 13.4. The molecule has 0 unspecified atom stereocenters. The molecule has 2 atom stereocenters. The highest BCUT2D eigenvalue weighted by atomic mass is 19.1. The highest BCUT2D eigenvalue weighted by molar-refractivity contribution is 5.94. The molecule has 2 aromatic rings. The first-order chi connectivity index (χ1) is 22.8. The molecule has 0 aliphatic carbocycles. The van der Waals surface area contributed by atoms with Gasteiger partial charge in [0.2, 0.25) is 17.7 Å². The summed E-state index contributed by atoms with van der Waals surface area (Å²) >= 11 is 0. The maximum atomic E-state index is 14.2. The first-order valence-corrected chi connectivity index (χ1v) is 17.3. The first kappa shape index (κ1) is 31.8. The molecule has 250 valence electrons. The molecule has 6 heterocycles. The molecule has 8 rings (SSSR count). The summed E-state index contributed by atoms with van der Waals surface area (Å²) in [6, 6.07) is 15.2. The van der Waals surface area contributed by atoms with Gasteiger partial charge in [0.15, 0.2) is 0 Å². The lowest BCUT2D eigenvalue weighted by Gasteiger charge is -2.45. The van der Waals surface area contributed by atoms with Gasteiger partial charge in [-0.1, -0.05) is 30.3 Å². The van der Waals surface area contributed by atoms with Crippen LogP contribution in [0.25, 0.3) is 0 Å². The molecule has 4 amide bonds. The van der Waals surface area contributed by atoms with Crippen LogP contribution in [0.4, 0.5) is 4.39 Å². The van der Waals surface area contributed by atoms with Crippen molar-refractivity contribution < 1.29 is 23.6 Å². The Labute approximate surface area is 275 Å². The predicted molar refractivity (Wildman–Crippen MR) is 174 cm³/mol. The Balaban J connectivity index is 1.15. The zero-order chi connectivity index (χ0) is 32.5. The van der Waals surface area contributed by atoms with Crippen molar-refractivity contribution in [1.29, 1.82) is 0 Å². The van der Waals surface area contributed by atoms with Crippen molar-refractivity contribution in [3.63, 3.8) is 0 Å². The van der Waals surface area contributed by atoms with Crippen LogP contribution < -0.4 is 5.32 Å². The van der Waals surface area contributed by atoms with Crippen LogP contribution in [0.2, 0.25) is 0 Å². The van der Waals surface area contributed by atoms with Crippen LogP contribution >= 0.6 is 0 Å². The smallest absolute Gasteiger partial charge is 0.253 e. The summed E-state index contributed by atoms with van der Waals surface area (Å²) in [7, 11) is 0. The van der Waals surface area contributed by atoms with E-state index in [4.69, 9.17) is 0 Å². The van der Waals surface area contributed by atoms with Crippen molar-refractivity contribution in [1.82, 2.24) is 29.8 Å². The van der Waals surface area contributed by atoms with E-state index in [2.05, 4.69) is 27.2 Å². The molecule has 6 aliphatic rings. The Hall–Kier alpha value is -3.83. The minimum atomic E-state index is -0.801. The molecule has 1 spiro atoms. The van der Waals surface area contributed by atoms with Gasteiger partial charge in [0.1, 0.15) is 11.9 Å². The number of likely N-dealkylation sites (tertiary alicyclic amines) is 1. The summed E-state index contributed by atoms with van der Waals surface area (Å²) in [4.78, 5) is 65.8. The molecule has 47 heavy (non-hydrogen) atoms. The quantitative estimate of drug-likeness (QED) is 0.552. The molecule has 10 nitrogen and oxygen atoms in total. The number of benzene rings is 2. The van der Waals surface area contributed by atoms with Crippen LogP contribution in [-0.2, 0) is 20.9 Å². The van der Waals surface area contributed by atoms with Crippen LogP contribution in [0, 0.1) is 5.82 Å². The lowest BCUT2D eigenvalue weighted by Crippen LogP contribution is -2.63. The Kier molecular flexibility index (Phi) is 9.02. The first-order valence-electron chi connectivity index (χ1n) is 17.3. The molecule has 0 radical (unpaired) electrons. The zero-order valence-electron chi connectivity index (χ0n) is 27.0. The van der Waals surface area contributed by atoms with Crippen molar-refractivity contribution in [3.8, 4) is 0 Å². The number of hydrogen-bond acceptors (Lipinski definition) is 6. The van der Waals surface area contributed by atoms with Crippen molar-refractivity contribution in [2.75, 3.05) is 52.4 Å². The fourth-order valence-electron chi connectivity index (χ4n) is 8.43. The van der Waals surface area contributed by atoms with E-state index in [0.717, 1.165) is 37.8 Å². The van der Waals surface area contributed by atoms with E-state index < -0.39 is 17.4 Å². The molecule has 2 aromatic carbocycles. The van der Waals surface area contributed by atoms with E-state index in [1.165, 1.54) is 24.3 Å². The third-order valence-corrected chi connectivity index (χ3v) is 11.2. The van der Waals surface area contributed by atoms with Crippen molar-refractivity contribution >= 4 is 23.6 Å². The Morgan fingerprint density at radius 3 is 2.26 bits per heavy atom. The van der Waals surface area contributed by atoms with Gasteiger partial charge in [0, 0.05) is 64.0 Å². The van der Waals surface area contributed by atoms with E-state index in [0.29, 0.717) is 70.8 Å². The normalized spacial score (nSPS) is 26.2. The zero-order valence-corrected chi connectivity index (χ0v) is 27.0. The summed E-state index contributed by atoms with van der Waals surface area (Å²) in [5.74, 6) is -0.600. The van der Waals surface area contributed by atoms with Gasteiger partial charge in [0.05, 0.1) is 18.0 Å². The van der Waals surface area contributed by atoms with Gasteiger partial charge in [-0.25, -0.2) is 4.39 Å². The molecule has 0 aromatic heterocycles. The molecule has 1 N–H and O–H groups in total. The number of rotatable bonds is 3. The predicted octanol–water partition coefficient (Wildman–Crippen LogP) is 2.49. The van der Waals surface area contributed by atoms with E-state index in [9.17, 15) is 23.6 Å². The van der Waals surface area contributed by atoms with Gasteiger partial charge in [-0.15, -0.1) is 0 Å². The second-order valence-electron chi connectivity index (χ2n) is 14.0. The second-order valence-corrected chi connectivity index (χ2v) is 14.0. The number of halogens is 1. The fraction of sp³-hybridized carbons (Fsp3) is 0.556. The SMILES string of the molecule is O=C1NC2(CCN(C(=O)c3ccc(F)cc3)CC2)CC(=O)N2CCN(Cc3ccccc3)[C@H](C2)C(=O)N2CCC(CC2)N2CCC[C@@H]12. The summed E-state index contributed by atoms with van der Waals surface area (Å²) in [5, 5.41) is 3.39. The van der Waals surface area contributed by atoms with Crippen molar-refractivity contribution in [3.05, 3.63) is 71.5 Å². The molecule has 11 heteroatoms. The highest BCUT2D eigenvalue weighted by Gasteiger charge is 2.46. The summed E-state index contributed by atoms with van der Waals surface area (Å²) in [5.41, 5.74) is 0.754. The van der Waals surface area contributed by atoms with Crippen LogP contribution in [0.5, 0.6) is 0 Å². The monoisotopic (exact) mass is 644 g/mol. The van der Waals surface area contributed by atoms with Crippen molar-refractivity contribution in [2.45, 2.75) is 75.2 Å².